The molecule has 3 heterocycles. The van der Waals surface area contributed by atoms with Gasteiger partial charge in [-0.05, 0) is 51.5 Å². The van der Waals surface area contributed by atoms with Crippen molar-refractivity contribution >= 4 is 19.2 Å². The van der Waals surface area contributed by atoms with E-state index >= 15 is 0 Å². The van der Waals surface area contributed by atoms with Crippen LogP contribution in [0.15, 0.2) is 36.7 Å². The number of rotatable bonds is 29. The van der Waals surface area contributed by atoms with Crippen molar-refractivity contribution in [3.63, 3.8) is 0 Å². The van der Waals surface area contributed by atoms with E-state index < -0.39 is 50.0 Å². The highest BCUT2D eigenvalue weighted by molar-refractivity contribution is 7.47. The van der Waals surface area contributed by atoms with E-state index in [1.807, 2.05) is 13.8 Å². The highest BCUT2D eigenvalue weighted by Gasteiger charge is 2.82. The van der Waals surface area contributed by atoms with Gasteiger partial charge in [0, 0.05) is 12.7 Å². The van der Waals surface area contributed by atoms with Gasteiger partial charge in [0.05, 0.1) is 30.6 Å². The highest BCUT2D eigenvalue weighted by Crippen LogP contribution is 2.63. The molecule has 0 amide bonds. The molecular formula is C43H66N5O10P. The quantitative estimate of drug-likeness (QED) is 0.0386. The summed E-state index contributed by atoms with van der Waals surface area (Å²) in [6.45, 7) is 7.63. The average molecular weight is 844 g/mol. The van der Waals surface area contributed by atoms with E-state index in [4.69, 9.17) is 33.7 Å². The molecule has 2 aliphatic rings. The van der Waals surface area contributed by atoms with Crippen LogP contribution in [0.1, 0.15) is 142 Å². The Bertz CT molecular complexity index is 1860. The molecule has 7 atom stereocenters. The van der Waals surface area contributed by atoms with Crippen molar-refractivity contribution in [2.75, 3.05) is 25.6 Å². The number of hydrogen-bond acceptors (Lipinski definition) is 13. The van der Waals surface area contributed by atoms with Gasteiger partial charge in [-0.15, -0.1) is 0 Å². The summed E-state index contributed by atoms with van der Waals surface area (Å²) >= 11 is 0. The number of nitrogen functional groups attached to an aromatic ring is 1. The number of ether oxygens (including phenoxy) is 4. The molecule has 0 bridgehead atoms. The molecule has 1 aliphatic heterocycles. The minimum Gasteiger partial charge on any atom is -0.489 e. The second-order valence-electron chi connectivity index (χ2n) is 16.4. The standard InChI is InChI=1S/C43H66N5O10P/c1-5-6-7-8-9-10-11-12-13-14-15-16-17-18-19-20-25-53-28-34(56-33-22-21-32(27-44)36(26-33)55-31(2)3)29-54-59(51,52)58-39-38-43(39,50)41(49)42(4,57-38)37-24-23-35-40(45)46-30-47-48(35)37/h21-24,26,30-31,34,38-39,41,49-50H,5-20,25,28-29H2,1-4H3,(H,51,52)(H2,45,46,47)/t34-,38-,39?,41+,42+,43+/m1/s1. The van der Waals surface area contributed by atoms with E-state index in [1.54, 1.807) is 37.3 Å². The van der Waals surface area contributed by atoms with Crippen molar-refractivity contribution in [2.45, 2.75) is 172 Å². The zero-order valence-electron chi connectivity index (χ0n) is 35.3. The van der Waals surface area contributed by atoms with Crippen molar-refractivity contribution in [1.29, 1.82) is 5.26 Å². The fourth-order valence-electron chi connectivity index (χ4n) is 7.88. The smallest absolute Gasteiger partial charge is 0.472 e. The number of aromatic nitrogens is 3. The molecule has 59 heavy (non-hydrogen) atoms. The first-order valence-corrected chi connectivity index (χ1v) is 23.1. The van der Waals surface area contributed by atoms with Crippen molar-refractivity contribution in [3.8, 4) is 17.6 Å². The number of fused-ring (bicyclic) bond motifs is 2. The molecule has 16 heteroatoms. The molecule has 3 aromatic rings. The molecule has 1 saturated heterocycles. The number of phosphoric acid groups is 1. The van der Waals surface area contributed by atoms with E-state index in [1.165, 1.54) is 94.3 Å². The molecule has 5 rings (SSSR count). The lowest BCUT2D eigenvalue weighted by Gasteiger charge is -2.32. The van der Waals surface area contributed by atoms with Crippen LogP contribution in [-0.4, -0.2) is 85.6 Å². The van der Waals surface area contributed by atoms with Gasteiger partial charge in [-0.25, -0.2) is 14.1 Å². The molecule has 0 radical (unpaired) electrons. The Morgan fingerprint density at radius 1 is 0.949 bits per heavy atom. The first-order valence-electron chi connectivity index (χ1n) is 21.6. The number of aliphatic hydroxyl groups is 2. The van der Waals surface area contributed by atoms with Crippen LogP contribution in [0.3, 0.4) is 0 Å². The second-order valence-corrected chi connectivity index (χ2v) is 17.8. The molecule has 328 valence electrons. The average Bonchev–Trinajstić information content (AvgIpc) is 3.44. The number of phosphoric ester groups is 1. The molecule has 1 saturated carbocycles. The summed E-state index contributed by atoms with van der Waals surface area (Å²) in [6, 6.07) is 10.2. The van der Waals surface area contributed by atoms with Crippen LogP contribution in [0.5, 0.6) is 11.5 Å². The van der Waals surface area contributed by atoms with Crippen LogP contribution < -0.4 is 15.2 Å². The maximum atomic E-state index is 13.3. The Kier molecular flexibility index (Phi) is 17.4. The third-order valence-corrected chi connectivity index (χ3v) is 12.2. The summed E-state index contributed by atoms with van der Waals surface area (Å²) in [5, 5.41) is 36.5. The topological polar surface area (TPSA) is 213 Å². The van der Waals surface area contributed by atoms with Gasteiger partial charge in [-0.1, -0.05) is 103 Å². The summed E-state index contributed by atoms with van der Waals surface area (Å²) < 4.78 is 49.5. The van der Waals surface area contributed by atoms with Crippen LogP contribution in [-0.2, 0) is 28.7 Å². The van der Waals surface area contributed by atoms with E-state index in [0.29, 0.717) is 34.9 Å². The van der Waals surface area contributed by atoms with E-state index in [2.05, 4.69) is 23.1 Å². The minimum atomic E-state index is -4.83. The number of nitrogens with two attached hydrogens (primary N) is 1. The molecule has 15 nitrogen and oxygen atoms in total. The predicted molar refractivity (Wildman–Crippen MR) is 223 cm³/mol. The van der Waals surface area contributed by atoms with Gasteiger partial charge in [0.2, 0.25) is 0 Å². The normalized spacial score (nSPS) is 23.9. The second kappa shape index (κ2) is 22.0. The van der Waals surface area contributed by atoms with Gasteiger partial charge in [-0.2, -0.15) is 10.4 Å². The van der Waals surface area contributed by atoms with Gasteiger partial charge in [0.25, 0.3) is 0 Å². The maximum Gasteiger partial charge on any atom is 0.472 e. The van der Waals surface area contributed by atoms with Crippen molar-refractivity contribution in [2.24, 2.45) is 0 Å². The number of benzene rings is 1. The van der Waals surface area contributed by atoms with Crippen molar-refractivity contribution < 1.29 is 47.7 Å². The largest absolute Gasteiger partial charge is 0.489 e. The Labute approximate surface area is 349 Å². The summed E-state index contributed by atoms with van der Waals surface area (Å²) in [4.78, 5) is 14.8. The summed E-state index contributed by atoms with van der Waals surface area (Å²) in [6.07, 6.45) is 16.5. The zero-order valence-corrected chi connectivity index (χ0v) is 36.2. The lowest BCUT2D eigenvalue weighted by atomic mass is 9.91. The molecule has 2 aromatic heterocycles. The van der Waals surface area contributed by atoms with Crippen LogP contribution in [0.4, 0.5) is 5.82 Å². The number of unbranched alkanes of at least 4 members (excludes halogenated alkanes) is 15. The summed E-state index contributed by atoms with van der Waals surface area (Å²) in [7, 11) is -4.83. The number of anilines is 1. The third kappa shape index (κ3) is 12.4. The van der Waals surface area contributed by atoms with Gasteiger partial charge >= 0.3 is 7.82 Å². The third-order valence-electron chi connectivity index (χ3n) is 11.3. The zero-order chi connectivity index (χ0) is 42.5. The minimum absolute atomic E-state index is 0.0363. The molecule has 2 fully saturated rings. The molecular weight excluding hydrogens is 777 g/mol. The Hall–Kier alpha value is -3.32. The van der Waals surface area contributed by atoms with E-state index in [-0.39, 0.29) is 18.5 Å². The summed E-state index contributed by atoms with van der Waals surface area (Å²) in [5.41, 5.74) is 3.75. The molecule has 5 N–H and O–H groups in total. The number of aliphatic hydroxyl groups excluding tert-OH is 1. The molecule has 1 aromatic carbocycles. The SMILES string of the molecule is CCCCCCCCCCCCCCCCCCOC[C@H](COP(=O)(O)OC1[C@H]2O[C@@](C)(c3ccc4c(N)ncnn34)[C@H](O)[C@@]12O)Oc1ccc(C#N)c(OC(C)C)c1. The van der Waals surface area contributed by atoms with Gasteiger partial charge in [0.1, 0.15) is 59.4 Å². The first-order chi connectivity index (χ1) is 28.3. The maximum absolute atomic E-state index is 13.3. The highest BCUT2D eigenvalue weighted by atomic mass is 31.2. The molecule has 1 aliphatic carbocycles. The summed E-state index contributed by atoms with van der Waals surface area (Å²) in [5.74, 6) is 0.912. The monoisotopic (exact) mass is 843 g/mol. The van der Waals surface area contributed by atoms with Crippen molar-refractivity contribution in [3.05, 3.63) is 47.9 Å². The van der Waals surface area contributed by atoms with Gasteiger partial charge in [-0.3, -0.25) is 9.05 Å². The van der Waals surface area contributed by atoms with Gasteiger partial charge in [0.15, 0.2) is 11.4 Å². The molecule has 2 unspecified atom stereocenters. The van der Waals surface area contributed by atoms with Crippen LogP contribution in [0.2, 0.25) is 0 Å². The Morgan fingerprint density at radius 2 is 1.58 bits per heavy atom. The Balaban J connectivity index is 1.07. The van der Waals surface area contributed by atoms with Crippen LogP contribution >= 0.6 is 7.82 Å². The van der Waals surface area contributed by atoms with Crippen molar-refractivity contribution in [1.82, 2.24) is 14.6 Å². The predicted octanol–water partition coefficient (Wildman–Crippen LogP) is 7.92. The molecule has 0 spiro atoms. The lowest BCUT2D eigenvalue weighted by molar-refractivity contribution is -0.126. The number of nitriles is 1. The van der Waals surface area contributed by atoms with Gasteiger partial charge < -0.3 is 39.8 Å². The fraction of sp³-hybridized carbons (Fsp3) is 0.698. The van der Waals surface area contributed by atoms with E-state index in [0.717, 1.165) is 19.3 Å². The van der Waals surface area contributed by atoms with Crippen LogP contribution in [0.25, 0.3) is 5.52 Å². The first kappa shape index (κ1) is 46.7. The van der Waals surface area contributed by atoms with E-state index in [9.17, 15) is 24.9 Å². The lowest BCUT2D eigenvalue weighted by Crippen LogP contribution is -2.46. The van der Waals surface area contributed by atoms with Crippen LogP contribution in [0, 0.1) is 11.3 Å². The Morgan fingerprint density at radius 3 is 2.15 bits per heavy atom. The number of nitrogens with zero attached hydrogens (tertiary/aromatic N) is 4. The number of hydrogen-bond donors (Lipinski definition) is 4. The fourth-order valence-corrected chi connectivity index (χ4v) is 8.87.